The summed E-state index contributed by atoms with van der Waals surface area (Å²) in [4.78, 5) is 42.8. The molecule has 1 heterocycles. The summed E-state index contributed by atoms with van der Waals surface area (Å²) < 4.78 is 1.58. The van der Waals surface area contributed by atoms with Gasteiger partial charge in [0.25, 0.3) is 5.56 Å². The molecule has 0 spiro atoms. The number of imide groups is 1. The number of fused-ring (bicyclic) bond motifs is 1. The van der Waals surface area contributed by atoms with Crippen LogP contribution in [0.5, 0.6) is 0 Å². The lowest BCUT2D eigenvalue weighted by atomic mass is 10.0. The number of amides is 3. The fourth-order valence-electron chi connectivity index (χ4n) is 3.46. The summed E-state index contributed by atoms with van der Waals surface area (Å²) in [6.07, 6.45) is 1.88. The number of rotatable bonds is 6. The van der Waals surface area contributed by atoms with Gasteiger partial charge < -0.3 is 5.32 Å². The molecule has 1 unspecified atom stereocenters. The molecule has 1 saturated carbocycles. The number of benzene rings is 2. The number of urea groups is 1. The highest BCUT2D eigenvalue weighted by atomic mass is 32.2. The van der Waals surface area contributed by atoms with Gasteiger partial charge in [-0.3, -0.25) is 19.5 Å². The van der Waals surface area contributed by atoms with E-state index in [9.17, 15) is 14.4 Å². The lowest BCUT2D eigenvalue weighted by Gasteiger charge is -2.19. The van der Waals surface area contributed by atoms with Crippen molar-refractivity contribution < 1.29 is 9.59 Å². The van der Waals surface area contributed by atoms with E-state index in [1.807, 2.05) is 36.4 Å². The van der Waals surface area contributed by atoms with Crippen LogP contribution in [0.4, 0.5) is 4.79 Å². The fraction of sp³-hybridized carbons (Fsp3) is 0.333. The zero-order valence-electron chi connectivity index (χ0n) is 18.3. The van der Waals surface area contributed by atoms with Gasteiger partial charge in [-0.2, -0.15) is 0 Å². The molecule has 1 fully saturated rings. The van der Waals surface area contributed by atoms with Gasteiger partial charge in [0.15, 0.2) is 5.16 Å². The van der Waals surface area contributed by atoms with Crippen LogP contribution >= 0.6 is 11.8 Å². The molecule has 3 amide bonds. The highest BCUT2D eigenvalue weighted by Crippen LogP contribution is 2.29. The van der Waals surface area contributed by atoms with Gasteiger partial charge in [0, 0.05) is 6.04 Å². The van der Waals surface area contributed by atoms with E-state index >= 15 is 0 Å². The van der Waals surface area contributed by atoms with Gasteiger partial charge in [-0.15, -0.1) is 0 Å². The van der Waals surface area contributed by atoms with Crippen molar-refractivity contribution in [1.82, 2.24) is 20.2 Å². The first-order valence-corrected chi connectivity index (χ1v) is 11.6. The lowest BCUT2D eigenvalue weighted by Crippen LogP contribution is -2.43. The average Bonchev–Trinajstić information content (AvgIpc) is 3.57. The molecule has 0 bridgehead atoms. The van der Waals surface area contributed by atoms with E-state index in [1.54, 1.807) is 23.6 Å². The van der Waals surface area contributed by atoms with E-state index in [-0.39, 0.29) is 17.5 Å². The van der Waals surface area contributed by atoms with Crippen LogP contribution in [0.3, 0.4) is 0 Å². The Bertz CT molecular complexity index is 1230. The number of nitrogens with zero attached hydrogens (tertiary/aromatic N) is 2. The van der Waals surface area contributed by atoms with Crippen molar-refractivity contribution in [3.8, 4) is 5.69 Å². The van der Waals surface area contributed by atoms with E-state index in [4.69, 9.17) is 4.98 Å². The zero-order chi connectivity index (χ0) is 22.8. The second-order valence-electron chi connectivity index (χ2n) is 8.26. The Morgan fingerprint density at radius 2 is 1.75 bits per heavy atom. The lowest BCUT2D eigenvalue weighted by molar-refractivity contribution is -0.119. The van der Waals surface area contributed by atoms with Crippen molar-refractivity contribution in [3.05, 3.63) is 64.4 Å². The SMILES string of the molecule is CC(Sc1nc2ccccc2c(=O)n1-c1ccccc1C(C)C)C(=O)NC(=O)NC1CC1. The number of carbonyl (C=O) groups excluding carboxylic acids is 2. The van der Waals surface area contributed by atoms with Crippen molar-refractivity contribution in [2.75, 3.05) is 0 Å². The summed E-state index contributed by atoms with van der Waals surface area (Å²) >= 11 is 1.16. The van der Waals surface area contributed by atoms with Crippen LogP contribution in [0.15, 0.2) is 58.5 Å². The van der Waals surface area contributed by atoms with Crippen molar-refractivity contribution >= 4 is 34.6 Å². The first-order valence-electron chi connectivity index (χ1n) is 10.7. The van der Waals surface area contributed by atoms with Gasteiger partial charge in [0.2, 0.25) is 5.91 Å². The summed E-state index contributed by atoms with van der Waals surface area (Å²) in [5, 5.41) is 5.42. The summed E-state index contributed by atoms with van der Waals surface area (Å²) in [7, 11) is 0. The highest BCUT2D eigenvalue weighted by molar-refractivity contribution is 8.00. The van der Waals surface area contributed by atoms with E-state index < -0.39 is 17.2 Å². The molecule has 1 aromatic heterocycles. The van der Waals surface area contributed by atoms with Gasteiger partial charge in [-0.05, 0) is 49.4 Å². The Labute approximate surface area is 190 Å². The minimum atomic E-state index is -0.634. The molecule has 2 N–H and O–H groups in total. The Kier molecular flexibility index (Phi) is 6.32. The van der Waals surface area contributed by atoms with Crippen LogP contribution in [0.25, 0.3) is 16.6 Å². The minimum Gasteiger partial charge on any atom is -0.335 e. The van der Waals surface area contributed by atoms with Gasteiger partial charge in [0.05, 0.1) is 21.8 Å². The second kappa shape index (κ2) is 9.16. The first-order chi connectivity index (χ1) is 15.3. The summed E-state index contributed by atoms with van der Waals surface area (Å²) in [6.45, 7) is 5.84. The van der Waals surface area contributed by atoms with Crippen molar-refractivity contribution in [1.29, 1.82) is 0 Å². The first kappa shape index (κ1) is 22.1. The predicted molar refractivity (Wildman–Crippen MR) is 126 cm³/mol. The van der Waals surface area contributed by atoms with Gasteiger partial charge >= 0.3 is 6.03 Å². The number of hydrogen-bond acceptors (Lipinski definition) is 5. The zero-order valence-corrected chi connectivity index (χ0v) is 19.1. The largest absolute Gasteiger partial charge is 0.335 e. The van der Waals surface area contributed by atoms with E-state index in [2.05, 4.69) is 24.5 Å². The van der Waals surface area contributed by atoms with Crippen molar-refractivity contribution in [2.45, 2.75) is 56.0 Å². The normalized spacial score (nSPS) is 14.4. The Morgan fingerprint density at radius 1 is 1.06 bits per heavy atom. The second-order valence-corrected chi connectivity index (χ2v) is 9.57. The molecule has 7 nitrogen and oxygen atoms in total. The van der Waals surface area contributed by atoms with E-state index in [0.29, 0.717) is 16.1 Å². The average molecular weight is 451 g/mol. The van der Waals surface area contributed by atoms with E-state index in [1.165, 1.54) is 0 Å². The Hall–Kier alpha value is -3.13. The monoisotopic (exact) mass is 450 g/mol. The number of carbonyl (C=O) groups is 2. The molecule has 0 radical (unpaired) electrons. The summed E-state index contributed by atoms with van der Waals surface area (Å²) in [6, 6.07) is 14.6. The maximum atomic E-state index is 13.5. The molecule has 1 aliphatic rings. The third-order valence-corrected chi connectivity index (χ3v) is 6.40. The smallest absolute Gasteiger partial charge is 0.321 e. The molecule has 0 aliphatic heterocycles. The van der Waals surface area contributed by atoms with Crippen LogP contribution in [0.1, 0.15) is 45.1 Å². The Balaban J connectivity index is 1.73. The number of hydrogen-bond donors (Lipinski definition) is 2. The topological polar surface area (TPSA) is 93.1 Å². The van der Waals surface area contributed by atoms with Crippen LogP contribution in [0, 0.1) is 0 Å². The maximum absolute atomic E-state index is 13.5. The fourth-order valence-corrected chi connectivity index (χ4v) is 4.38. The molecule has 0 saturated heterocycles. The molecule has 166 valence electrons. The highest BCUT2D eigenvalue weighted by Gasteiger charge is 2.26. The van der Waals surface area contributed by atoms with E-state index in [0.717, 1.165) is 35.9 Å². The van der Waals surface area contributed by atoms with Gasteiger partial charge in [-0.25, -0.2) is 9.78 Å². The number of nitrogens with one attached hydrogen (secondary N) is 2. The number of para-hydroxylation sites is 2. The van der Waals surface area contributed by atoms with Gasteiger partial charge in [0.1, 0.15) is 0 Å². The molecule has 4 rings (SSSR count). The summed E-state index contributed by atoms with van der Waals surface area (Å²) in [5.41, 5.74) is 2.13. The standard InChI is InChI=1S/C24H26N4O3S/c1-14(2)17-8-5-7-11-20(17)28-22(30)18-9-4-6-10-19(18)26-24(28)32-15(3)21(29)27-23(31)25-16-12-13-16/h4-11,14-16H,12-13H2,1-3H3,(H2,25,27,29,31). The van der Waals surface area contributed by atoms with Crippen molar-refractivity contribution in [3.63, 3.8) is 0 Å². The predicted octanol–water partition coefficient (Wildman–Crippen LogP) is 3.98. The van der Waals surface area contributed by atoms with Crippen LogP contribution in [-0.2, 0) is 4.79 Å². The maximum Gasteiger partial charge on any atom is 0.321 e. The van der Waals surface area contributed by atoms with Crippen LogP contribution in [0.2, 0.25) is 0 Å². The molecule has 3 aromatic rings. The molecular weight excluding hydrogens is 424 g/mol. The third-order valence-electron chi connectivity index (χ3n) is 5.35. The Morgan fingerprint density at radius 3 is 2.47 bits per heavy atom. The van der Waals surface area contributed by atoms with Crippen molar-refractivity contribution in [2.24, 2.45) is 0 Å². The van der Waals surface area contributed by atoms with Gasteiger partial charge in [-0.1, -0.05) is 55.9 Å². The molecule has 2 aromatic carbocycles. The van der Waals surface area contributed by atoms with Crippen LogP contribution in [-0.4, -0.2) is 32.8 Å². The number of aromatic nitrogens is 2. The van der Waals surface area contributed by atoms with Crippen LogP contribution < -0.4 is 16.2 Å². The molecule has 32 heavy (non-hydrogen) atoms. The minimum absolute atomic E-state index is 0.158. The molecule has 8 heteroatoms. The quantitative estimate of drug-likeness (QED) is 0.438. The molecule has 1 atom stereocenters. The summed E-state index contributed by atoms with van der Waals surface area (Å²) in [5.74, 6) is -0.242. The number of thioether (sulfide) groups is 1. The third kappa shape index (κ3) is 4.70. The molecular formula is C24H26N4O3S. The molecule has 1 aliphatic carbocycles.